The van der Waals surface area contributed by atoms with Crippen molar-refractivity contribution >= 4 is 29.2 Å². The van der Waals surface area contributed by atoms with Crippen molar-refractivity contribution in [3.63, 3.8) is 0 Å². The van der Waals surface area contributed by atoms with Crippen molar-refractivity contribution in [2.45, 2.75) is 19.8 Å². The summed E-state index contributed by atoms with van der Waals surface area (Å²) in [4.78, 5) is 2.17. The van der Waals surface area contributed by atoms with Gasteiger partial charge in [0.25, 0.3) is 0 Å². The van der Waals surface area contributed by atoms with Gasteiger partial charge in [-0.05, 0) is 18.8 Å². The zero-order chi connectivity index (χ0) is 7.56. The number of rotatable bonds is 0. The van der Waals surface area contributed by atoms with E-state index in [1.165, 1.54) is 12.8 Å². The third-order valence-corrected chi connectivity index (χ3v) is 2.47. The maximum atomic E-state index is 4.96. The molecule has 0 amide bonds. The molecule has 0 N–H and O–H groups in total. The van der Waals surface area contributed by atoms with Crippen LogP contribution in [-0.4, -0.2) is 22.3 Å². The second kappa shape index (κ2) is 3.58. The van der Waals surface area contributed by atoms with Gasteiger partial charge in [-0.25, -0.2) is 0 Å². The first kappa shape index (κ1) is 8.34. The zero-order valence-electron chi connectivity index (χ0n) is 6.21. The van der Waals surface area contributed by atoms with Crippen LogP contribution in [0.5, 0.6) is 0 Å². The van der Waals surface area contributed by atoms with Crippen molar-refractivity contribution in [3.05, 3.63) is 0 Å². The molecule has 1 saturated heterocycles. The van der Waals surface area contributed by atoms with Crippen LogP contribution >= 0.6 is 24.8 Å². The fourth-order valence-electron chi connectivity index (χ4n) is 1.36. The molecule has 0 radical (unpaired) electrons. The number of likely N-dealkylation sites (tertiary alicyclic amines) is 1. The highest BCUT2D eigenvalue weighted by Gasteiger charge is 2.15. The first-order valence-corrected chi connectivity index (χ1v) is 4.53. The summed E-state index contributed by atoms with van der Waals surface area (Å²) >= 11 is 9.10. The molecule has 1 atom stereocenters. The Balaban J connectivity index is 2.39. The highest BCUT2D eigenvalue weighted by Crippen LogP contribution is 2.16. The molecule has 0 aromatic rings. The molecule has 0 bridgehead atoms. The number of nitrogens with zero attached hydrogens (tertiary/aromatic N) is 1. The highest BCUT2D eigenvalue weighted by atomic mass is 32.1. The molecule has 0 unspecified atom stereocenters. The summed E-state index contributed by atoms with van der Waals surface area (Å²) in [5.74, 6) is 0.791. The summed E-state index contributed by atoms with van der Waals surface area (Å²) in [6, 6.07) is 0. The average Bonchev–Trinajstić information content (AvgIpc) is 1.88. The van der Waals surface area contributed by atoms with Crippen molar-refractivity contribution in [1.29, 1.82) is 0 Å². The van der Waals surface area contributed by atoms with Crippen LogP contribution < -0.4 is 0 Å². The topological polar surface area (TPSA) is 3.24 Å². The molecular formula is C7H13NS2. The lowest BCUT2D eigenvalue weighted by atomic mass is 10.0. The van der Waals surface area contributed by atoms with E-state index in [2.05, 4.69) is 24.5 Å². The molecular weight excluding hydrogens is 162 g/mol. The lowest BCUT2D eigenvalue weighted by Gasteiger charge is -2.31. The summed E-state index contributed by atoms with van der Waals surface area (Å²) in [6.07, 6.45) is 2.61. The average molecular weight is 175 g/mol. The fraction of sp³-hybridized carbons (Fsp3) is 0.857. The van der Waals surface area contributed by atoms with E-state index >= 15 is 0 Å². The minimum absolute atomic E-state index is 0.756. The molecule has 1 nitrogen and oxygen atoms in total. The predicted octanol–water partition coefficient (Wildman–Crippen LogP) is 1.93. The number of piperidine rings is 1. The Labute approximate surface area is 73.2 Å². The van der Waals surface area contributed by atoms with E-state index in [0.717, 1.165) is 23.3 Å². The van der Waals surface area contributed by atoms with Gasteiger partial charge in [0.1, 0.15) is 4.32 Å². The van der Waals surface area contributed by atoms with E-state index in [9.17, 15) is 0 Å². The summed E-state index contributed by atoms with van der Waals surface area (Å²) in [5, 5.41) is 0. The van der Waals surface area contributed by atoms with E-state index in [-0.39, 0.29) is 0 Å². The van der Waals surface area contributed by atoms with Crippen molar-refractivity contribution in [2.24, 2.45) is 5.92 Å². The van der Waals surface area contributed by atoms with Gasteiger partial charge in [-0.1, -0.05) is 19.1 Å². The predicted molar refractivity (Wildman–Crippen MR) is 51.6 cm³/mol. The quantitative estimate of drug-likeness (QED) is 0.443. The van der Waals surface area contributed by atoms with Crippen LogP contribution in [-0.2, 0) is 0 Å². The lowest BCUT2D eigenvalue weighted by molar-refractivity contribution is 0.281. The molecule has 10 heavy (non-hydrogen) atoms. The maximum Gasteiger partial charge on any atom is 0.133 e. The molecule has 1 aliphatic heterocycles. The lowest BCUT2D eigenvalue weighted by Crippen LogP contribution is -2.35. The van der Waals surface area contributed by atoms with Gasteiger partial charge in [0, 0.05) is 13.1 Å². The second-order valence-corrected chi connectivity index (χ2v) is 4.09. The number of thiocarbonyl (C=S) groups is 1. The van der Waals surface area contributed by atoms with Crippen molar-refractivity contribution in [3.8, 4) is 0 Å². The van der Waals surface area contributed by atoms with Crippen LogP contribution in [0.2, 0.25) is 0 Å². The number of hydrogen-bond acceptors (Lipinski definition) is 1. The van der Waals surface area contributed by atoms with Gasteiger partial charge in [0.15, 0.2) is 0 Å². The van der Waals surface area contributed by atoms with Crippen molar-refractivity contribution in [1.82, 2.24) is 4.90 Å². The molecule has 0 aliphatic carbocycles. The smallest absolute Gasteiger partial charge is 0.133 e. The Morgan fingerprint density at radius 3 is 2.80 bits per heavy atom. The molecule has 3 heteroatoms. The van der Waals surface area contributed by atoms with Gasteiger partial charge < -0.3 is 4.90 Å². The van der Waals surface area contributed by atoms with E-state index in [1.807, 2.05) is 0 Å². The van der Waals surface area contributed by atoms with E-state index in [4.69, 9.17) is 12.2 Å². The second-order valence-electron chi connectivity index (χ2n) is 2.98. The summed E-state index contributed by atoms with van der Waals surface area (Å²) in [7, 11) is 0. The molecule has 1 heterocycles. The van der Waals surface area contributed by atoms with Crippen LogP contribution in [0.15, 0.2) is 0 Å². The first-order chi connectivity index (χ1) is 4.70. The number of thiol groups is 1. The Hall–Kier alpha value is 0.240. The third kappa shape index (κ3) is 2.13. The van der Waals surface area contributed by atoms with E-state index in [0.29, 0.717) is 0 Å². The molecule has 0 aromatic carbocycles. The Kier molecular flexibility index (Phi) is 2.98. The molecule has 0 saturated carbocycles. The van der Waals surface area contributed by atoms with Gasteiger partial charge in [-0.3, -0.25) is 0 Å². The molecule has 1 aliphatic rings. The SMILES string of the molecule is C[C@H]1CCCN(C(=S)S)C1. The van der Waals surface area contributed by atoms with Gasteiger partial charge >= 0.3 is 0 Å². The molecule has 1 fully saturated rings. The standard InChI is InChI=1S/C7H13NS2/c1-6-3-2-4-8(5-6)7(9)10/h6H,2-5H2,1H3,(H,9,10)/t6-/m0/s1. The van der Waals surface area contributed by atoms with Crippen LogP contribution in [0.3, 0.4) is 0 Å². The number of hydrogen-bond donors (Lipinski definition) is 1. The summed E-state index contributed by atoms with van der Waals surface area (Å²) < 4.78 is 0.756. The Morgan fingerprint density at radius 1 is 1.70 bits per heavy atom. The molecule has 0 aromatic heterocycles. The van der Waals surface area contributed by atoms with Crippen LogP contribution in [0, 0.1) is 5.92 Å². The Bertz CT molecular complexity index is 136. The monoisotopic (exact) mass is 175 g/mol. The van der Waals surface area contributed by atoms with Crippen molar-refractivity contribution < 1.29 is 0 Å². The summed E-state index contributed by atoms with van der Waals surface area (Å²) in [5.41, 5.74) is 0. The molecule has 58 valence electrons. The first-order valence-electron chi connectivity index (χ1n) is 3.68. The van der Waals surface area contributed by atoms with Gasteiger partial charge in [0.2, 0.25) is 0 Å². The van der Waals surface area contributed by atoms with Crippen LogP contribution in [0.1, 0.15) is 19.8 Å². The molecule has 0 spiro atoms. The largest absolute Gasteiger partial charge is 0.357 e. The van der Waals surface area contributed by atoms with Gasteiger partial charge in [0.05, 0.1) is 0 Å². The van der Waals surface area contributed by atoms with Gasteiger partial charge in [-0.2, -0.15) is 0 Å². The van der Waals surface area contributed by atoms with E-state index in [1.54, 1.807) is 0 Å². The van der Waals surface area contributed by atoms with Crippen LogP contribution in [0.4, 0.5) is 0 Å². The Morgan fingerprint density at radius 2 is 2.40 bits per heavy atom. The highest BCUT2D eigenvalue weighted by molar-refractivity contribution is 8.10. The van der Waals surface area contributed by atoms with Crippen molar-refractivity contribution in [2.75, 3.05) is 13.1 Å². The van der Waals surface area contributed by atoms with Crippen LogP contribution in [0.25, 0.3) is 0 Å². The van der Waals surface area contributed by atoms with E-state index < -0.39 is 0 Å². The minimum Gasteiger partial charge on any atom is -0.357 e. The fourth-order valence-corrected chi connectivity index (χ4v) is 1.71. The maximum absolute atomic E-state index is 4.96. The normalized spacial score (nSPS) is 26.6. The minimum atomic E-state index is 0.756. The zero-order valence-corrected chi connectivity index (χ0v) is 7.92. The molecule has 1 rings (SSSR count). The summed E-state index contributed by atoms with van der Waals surface area (Å²) in [6.45, 7) is 4.47. The third-order valence-electron chi connectivity index (χ3n) is 1.93. The van der Waals surface area contributed by atoms with Gasteiger partial charge in [-0.15, -0.1) is 12.6 Å².